The minimum absolute atomic E-state index is 0.00142. The van der Waals surface area contributed by atoms with Crippen molar-refractivity contribution in [3.63, 3.8) is 0 Å². The molecule has 0 heterocycles. The van der Waals surface area contributed by atoms with Crippen molar-refractivity contribution in [3.05, 3.63) is 71.0 Å². The number of halogens is 1. The van der Waals surface area contributed by atoms with Crippen molar-refractivity contribution in [1.29, 1.82) is 0 Å². The fraction of sp³-hybridized carbons (Fsp3) is 0.316. The normalized spacial score (nSPS) is 11.3. The summed E-state index contributed by atoms with van der Waals surface area (Å²) in [7, 11) is 0. The third-order valence-corrected chi connectivity index (χ3v) is 3.95. The van der Waals surface area contributed by atoms with Crippen LogP contribution in [-0.2, 0) is 16.6 Å². The fourth-order valence-corrected chi connectivity index (χ4v) is 2.29. The van der Waals surface area contributed by atoms with Gasteiger partial charge in [0.1, 0.15) is 5.82 Å². The molecule has 22 heavy (non-hydrogen) atoms. The van der Waals surface area contributed by atoms with Gasteiger partial charge in [-0.1, -0.05) is 42.0 Å². The Balaban J connectivity index is 1.93. The summed E-state index contributed by atoms with van der Waals surface area (Å²) in [4.78, 5) is 12.4. The summed E-state index contributed by atoms with van der Waals surface area (Å²) in [5.74, 6) is -0.244. The highest BCUT2D eigenvalue weighted by Crippen LogP contribution is 2.23. The van der Waals surface area contributed by atoms with Crippen molar-refractivity contribution in [2.75, 3.05) is 6.54 Å². The first-order valence-electron chi connectivity index (χ1n) is 7.49. The zero-order valence-corrected chi connectivity index (χ0v) is 13.3. The Morgan fingerprint density at radius 2 is 1.64 bits per heavy atom. The fourth-order valence-electron chi connectivity index (χ4n) is 2.29. The lowest BCUT2D eigenvalue weighted by Gasteiger charge is -2.24. The second kappa shape index (κ2) is 6.73. The van der Waals surface area contributed by atoms with Gasteiger partial charge in [-0.2, -0.15) is 0 Å². The molecule has 1 amide bonds. The summed E-state index contributed by atoms with van der Waals surface area (Å²) in [5.41, 5.74) is 2.61. The van der Waals surface area contributed by atoms with Gasteiger partial charge in [0, 0.05) is 6.54 Å². The molecule has 0 saturated heterocycles. The predicted molar refractivity (Wildman–Crippen MR) is 87.3 cm³/mol. The molecule has 2 nitrogen and oxygen atoms in total. The van der Waals surface area contributed by atoms with Crippen LogP contribution in [0.1, 0.15) is 30.5 Å². The molecule has 0 aliphatic rings. The van der Waals surface area contributed by atoms with E-state index in [9.17, 15) is 9.18 Å². The Kier molecular flexibility index (Phi) is 4.96. The summed E-state index contributed by atoms with van der Waals surface area (Å²) in [6.07, 6.45) is 0.690. The number of hydrogen-bond donors (Lipinski definition) is 1. The number of carbonyl (C=O) groups excluding carboxylic acids is 1. The molecule has 0 unspecified atom stereocenters. The van der Waals surface area contributed by atoms with Crippen LogP contribution in [0, 0.1) is 12.7 Å². The van der Waals surface area contributed by atoms with Crippen molar-refractivity contribution < 1.29 is 9.18 Å². The van der Waals surface area contributed by atoms with Crippen molar-refractivity contribution >= 4 is 5.91 Å². The Labute approximate surface area is 131 Å². The molecule has 0 fully saturated rings. The molecular weight excluding hydrogens is 277 g/mol. The van der Waals surface area contributed by atoms with E-state index in [2.05, 4.69) is 5.32 Å². The van der Waals surface area contributed by atoms with E-state index >= 15 is 0 Å². The van der Waals surface area contributed by atoms with E-state index in [0.29, 0.717) is 13.0 Å². The number of carbonyl (C=O) groups is 1. The third-order valence-electron chi connectivity index (χ3n) is 3.95. The number of hydrogen-bond acceptors (Lipinski definition) is 1. The Morgan fingerprint density at radius 3 is 2.23 bits per heavy atom. The van der Waals surface area contributed by atoms with Crippen LogP contribution in [0.25, 0.3) is 0 Å². The molecule has 2 aromatic carbocycles. The molecule has 1 N–H and O–H groups in total. The number of aryl methyl sites for hydroxylation is 1. The van der Waals surface area contributed by atoms with Crippen LogP contribution in [0.15, 0.2) is 48.5 Å². The summed E-state index contributed by atoms with van der Waals surface area (Å²) in [6, 6.07) is 14.4. The smallest absolute Gasteiger partial charge is 0.230 e. The first kappa shape index (κ1) is 16.2. The monoisotopic (exact) mass is 299 g/mol. The lowest BCUT2D eigenvalue weighted by atomic mass is 9.83. The van der Waals surface area contributed by atoms with Gasteiger partial charge in [0.2, 0.25) is 5.91 Å². The van der Waals surface area contributed by atoms with Gasteiger partial charge in [-0.3, -0.25) is 4.79 Å². The molecule has 0 spiro atoms. The van der Waals surface area contributed by atoms with E-state index < -0.39 is 5.41 Å². The molecule has 0 atom stereocenters. The van der Waals surface area contributed by atoms with E-state index in [4.69, 9.17) is 0 Å². The molecule has 0 saturated carbocycles. The summed E-state index contributed by atoms with van der Waals surface area (Å²) in [6.45, 7) is 6.41. The average molecular weight is 299 g/mol. The summed E-state index contributed by atoms with van der Waals surface area (Å²) in [5, 5.41) is 2.97. The van der Waals surface area contributed by atoms with Gasteiger partial charge < -0.3 is 5.32 Å². The standard InChI is InChI=1S/C19H22FNO/c1-14-4-8-16(9-5-14)19(2,3)18(22)21-13-12-15-6-10-17(20)11-7-15/h4-11H,12-13H2,1-3H3,(H,21,22). The maximum Gasteiger partial charge on any atom is 0.230 e. The third kappa shape index (κ3) is 3.94. The molecule has 0 aliphatic heterocycles. The van der Waals surface area contributed by atoms with Gasteiger partial charge in [-0.15, -0.1) is 0 Å². The second-order valence-electron chi connectivity index (χ2n) is 6.12. The topological polar surface area (TPSA) is 29.1 Å². The van der Waals surface area contributed by atoms with Crippen LogP contribution in [-0.4, -0.2) is 12.5 Å². The van der Waals surface area contributed by atoms with Gasteiger partial charge >= 0.3 is 0 Å². The molecule has 0 bridgehead atoms. The van der Waals surface area contributed by atoms with Gasteiger partial charge in [0.15, 0.2) is 0 Å². The average Bonchev–Trinajstić information content (AvgIpc) is 2.49. The zero-order chi connectivity index (χ0) is 16.2. The lowest BCUT2D eigenvalue weighted by Crippen LogP contribution is -2.40. The molecule has 2 aromatic rings. The Bertz CT molecular complexity index is 629. The first-order chi connectivity index (χ1) is 10.4. The maximum absolute atomic E-state index is 12.8. The zero-order valence-electron chi connectivity index (χ0n) is 13.3. The number of amides is 1. The molecule has 2 rings (SSSR count). The van der Waals surface area contributed by atoms with E-state index in [1.54, 1.807) is 12.1 Å². The quantitative estimate of drug-likeness (QED) is 0.894. The Hall–Kier alpha value is -2.16. The molecule has 0 aliphatic carbocycles. The highest BCUT2D eigenvalue weighted by Gasteiger charge is 2.29. The van der Waals surface area contributed by atoms with E-state index in [0.717, 1.165) is 11.1 Å². The van der Waals surface area contributed by atoms with Crippen LogP contribution in [0.3, 0.4) is 0 Å². The maximum atomic E-state index is 12.8. The summed E-state index contributed by atoms with van der Waals surface area (Å²) >= 11 is 0. The van der Waals surface area contributed by atoms with E-state index in [-0.39, 0.29) is 11.7 Å². The van der Waals surface area contributed by atoms with Crippen LogP contribution in [0.5, 0.6) is 0 Å². The van der Waals surface area contributed by atoms with Crippen LogP contribution in [0.2, 0.25) is 0 Å². The first-order valence-corrected chi connectivity index (χ1v) is 7.49. The predicted octanol–water partition coefficient (Wildman–Crippen LogP) is 3.77. The molecule has 3 heteroatoms. The largest absolute Gasteiger partial charge is 0.355 e. The molecule has 116 valence electrons. The number of benzene rings is 2. The summed E-state index contributed by atoms with van der Waals surface area (Å²) < 4.78 is 12.8. The van der Waals surface area contributed by atoms with Crippen molar-refractivity contribution in [2.45, 2.75) is 32.6 Å². The van der Waals surface area contributed by atoms with Crippen molar-refractivity contribution in [3.8, 4) is 0 Å². The van der Waals surface area contributed by atoms with Gasteiger partial charge in [0.25, 0.3) is 0 Å². The van der Waals surface area contributed by atoms with Crippen molar-refractivity contribution in [2.24, 2.45) is 0 Å². The lowest BCUT2D eigenvalue weighted by molar-refractivity contribution is -0.125. The molecular formula is C19H22FNO. The minimum Gasteiger partial charge on any atom is -0.355 e. The highest BCUT2D eigenvalue weighted by atomic mass is 19.1. The molecule has 0 radical (unpaired) electrons. The number of nitrogens with one attached hydrogen (secondary N) is 1. The number of rotatable bonds is 5. The van der Waals surface area contributed by atoms with Gasteiger partial charge in [-0.25, -0.2) is 4.39 Å². The highest BCUT2D eigenvalue weighted by molar-refractivity contribution is 5.87. The van der Waals surface area contributed by atoms with Gasteiger partial charge in [0.05, 0.1) is 5.41 Å². The van der Waals surface area contributed by atoms with E-state index in [1.807, 2.05) is 45.0 Å². The van der Waals surface area contributed by atoms with Gasteiger partial charge in [-0.05, 0) is 50.5 Å². The Morgan fingerprint density at radius 1 is 1.05 bits per heavy atom. The minimum atomic E-state index is -0.573. The second-order valence-corrected chi connectivity index (χ2v) is 6.12. The molecule has 0 aromatic heterocycles. The van der Waals surface area contributed by atoms with Crippen LogP contribution in [0.4, 0.5) is 4.39 Å². The van der Waals surface area contributed by atoms with E-state index in [1.165, 1.54) is 17.7 Å². The van der Waals surface area contributed by atoms with Crippen LogP contribution >= 0.6 is 0 Å². The van der Waals surface area contributed by atoms with Crippen molar-refractivity contribution in [1.82, 2.24) is 5.32 Å². The van der Waals surface area contributed by atoms with Crippen LogP contribution < -0.4 is 5.32 Å². The SMILES string of the molecule is Cc1ccc(C(C)(C)C(=O)NCCc2ccc(F)cc2)cc1.